The summed E-state index contributed by atoms with van der Waals surface area (Å²) in [5.41, 5.74) is 0.825. The molecule has 14 nitrogen and oxygen atoms in total. The van der Waals surface area contributed by atoms with Gasteiger partial charge in [0.2, 0.25) is 23.6 Å². The average Bonchev–Trinajstić information content (AvgIpc) is 3.56. The van der Waals surface area contributed by atoms with Crippen molar-refractivity contribution in [2.75, 3.05) is 9.80 Å². The maximum Gasteiger partial charge on any atom is 0.339 e. The molecule has 0 radical (unpaired) electrons. The summed E-state index contributed by atoms with van der Waals surface area (Å²) in [6, 6.07) is 20.7. The molecule has 5 N–H and O–H groups in total. The van der Waals surface area contributed by atoms with Gasteiger partial charge in [-0.25, -0.2) is 19.4 Å². The number of aromatic hydroxyl groups is 3. The number of ether oxygens (including phenoxy) is 1. The van der Waals surface area contributed by atoms with Gasteiger partial charge in [-0.05, 0) is 54.7 Å². The summed E-state index contributed by atoms with van der Waals surface area (Å²) in [4.78, 5) is 81.8. The Morgan fingerprint density at radius 2 is 1.22 bits per heavy atom. The molecular formula is C41H32N2O12. The van der Waals surface area contributed by atoms with E-state index >= 15 is 0 Å². The van der Waals surface area contributed by atoms with Crippen LogP contribution in [0, 0.1) is 29.6 Å². The van der Waals surface area contributed by atoms with Crippen molar-refractivity contribution in [3.63, 3.8) is 0 Å². The number of aromatic carboxylic acids is 2. The first kappa shape index (κ1) is 35.1. The lowest BCUT2D eigenvalue weighted by Crippen LogP contribution is -2.43. The second kappa shape index (κ2) is 13.2. The molecule has 6 atom stereocenters. The molecule has 2 heterocycles. The molecule has 14 heteroatoms. The fourth-order valence-electron chi connectivity index (χ4n) is 8.74. The molecule has 2 saturated heterocycles. The zero-order valence-electron chi connectivity index (χ0n) is 28.7. The van der Waals surface area contributed by atoms with Crippen molar-refractivity contribution in [2.45, 2.75) is 25.4 Å². The van der Waals surface area contributed by atoms with E-state index in [1.54, 1.807) is 18.2 Å². The number of phenols is 3. The van der Waals surface area contributed by atoms with Crippen LogP contribution in [0.2, 0.25) is 0 Å². The van der Waals surface area contributed by atoms with Crippen LogP contribution in [0.25, 0.3) is 0 Å². The van der Waals surface area contributed by atoms with Crippen molar-refractivity contribution in [1.82, 2.24) is 0 Å². The lowest BCUT2D eigenvalue weighted by Gasteiger charge is -2.44. The third-order valence-corrected chi connectivity index (χ3v) is 11.2. The van der Waals surface area contributed by atoms with E-state index < -0.39 is 93.7 Å². The van der Waals surface area contributed by atoms with Crippen molar-refractivity contribution in [2.24, 2.45) is 29.6 Å². The fraction of sp³-hybridized carbons (Fsp3) is 0.220. The summed E-state index contributed by atoms with van der Waals surface area (Å²) >= 11 is 0. The molecule has 2 aliphatic heterocycles. The number of hydrogen-bond acceptors (Lipinski definition) is 10. The molecule has 55 heavy (non-hydrogen) atoms. The quantitative estimate of drug-likeness (QED) is 0.121. The van der Waals surface area contributed by atoms with E-state index in [0.717, 1.165) is 39.6 Å². The highest BCUT2D eigenvalue weighted by molar-refractivity contribution is 6.24. The Bertz CT molecular complexity index is 2370. The number of benzene rings is 4. The number of allylic oxidation sites excluding steroid dienone is 2. The standard InChI is InChI=1S/C41H32N2O12/c44-30-14-20(6-9-25(30)40(51)52)42-36(47)27-13-12-23-28(34(27)38(42)49)17-29-35(39(50)43(37(29)48)21-7-10-26(41(53)54)31(45)15-21)33(23)24-11-8-22(16-32(24)46)55-18-19-4-2-1-3-5-19/h1-12,14-16,27-29,33-35,44-46H,13,17-18H2,(H,51,52)(H,53,54)/t27-,28+,29+,33+,34-,35+/m0/s1. The second-order valence-corrected chi connectivity index (χ2v) is 14.1. The first-order valence-corrected chi connectivity index (χ1v) is 17.4. The van der Waals surface area contributed by atoms with Gasteiger partial charge in [-0.2, -0.15) is 0 Å². The predicted molar refractivity (Wildman–Crippen MR) is 192 cm³/mol. The molecule has 4 aromatic carbocycles. The molecule has 4 aromatic rings. The number of carboxylic acid groups (broad SMARTS) is 2. The zero-order valence-corrected chi connectivity index (χ0v) is 28.7. The summed E-state index contributed by atoms with van der Waals surface area (Å²) in [7, 11) is 0. The molecule has 3 fully saturated rings. The van der Waals surface area contributed by atoms with Gasteiger partial charge in [0, 0.05) is 29.7 Å². The summed E-state index contributed by atoms with van der Waals surface area (Å²) < 4.78 is 5.92. The minimum Gasteiger partial charge on any atom is -0.508 e. The number of anilines is 2. The smallest absolute Gasteiger partial charge is 0.339 e. The first-order chi connectivity index (χ1) is 26.3. The van der Waals surface area contributed by atoms with E-state index in [4.69, 9.17) is 4.74 Å². The third-order valence-electron chi connectivity index (χ3n) is 11.2. The zero-order chi connectivity index (χ0) is 38.9. The molecule has 2 aliphatic carbocycles. The number of fused-ring (bicyclic) bond motifs is 4. The molecule has 0 unspecified atom stereocenters. The van der Waals surface area contributed by atoms with Gasteiger partial charge in [0.15, 0.2) is 0 Å². The monoisotopic (exact) mass is 744 g/mol. The van der Waals surface area contributed by atoms with Crippen LogP contribution in [-0.4, -0.2) is 61.1 Å². The average molecular weight is 745 g/mol. The highest BCUT2D eigenvalue weighted by Gasteiger charge is 2.62. The molecule has 0 spiro atoms. The summed E-state index contributed by atoms with van der Waals surface area (Å²) in [5, 5.41) is 51.2. The molecule has 4 amide bonds. The van der Waals surface area contributed by atoms with E-state index in [1.165, 1.54) is 18.2 Å². The van der Waals surface area contributed by atoms with E-state index in [9.17, 15) is 54.3 Å². The molecule has 0 aromatic heterocycles. The Kier molecular flexibility index (Phi) is 8.40. The highest BCUT2D eigenvalue weighted by atomic mass is 16.5. The van der Waals surface area contributed by atoms with Crippen LogP contribution in [0.15, 0.2) is 96.6 Å². The lowest BCUT2D eigenvalue weighted by molar-refractivity contribution is -0.126. The van der Waals surface area contributed by atoms with E-state index in [-0.39, 0.29) is 42.1 Å². The predicted octanol–water partition coefficient (Wildman–Crippen LogP) is 4.82. The van der Waals surface area contributed by atoms with E-state index in [2.05, 4.69) is 0 Å². The van der Waals surface area contributed by atoms with Gasteiger partial charge in [0.1, 0.15) is 40.7 Å². The Labute approximate surface area is 312 Å². The number of carbonyl (C=O) groups is 6. The number of carboxylic acids is 2. The molecule has 1 saturated carbocycles. The van der Waals surface area contributed by atoms with Gasteiger partial charge < -0.3 is 30.3 Å². The maximum absolute atomic E-state index is 14.4. The van der Waals surface area contributed by atoms with E-state index in [0.29, 0.717) is 11.3 Å². The number of rotatable bonds is 8. The topological polar surface area (TPSA) is 219 Å². The van der Waals surface area contributed by atoms with Crippen molar-refractivity contribution in [1.29, 1.82) is 0 Å². The van der Waals surface area contributed by atoms with Crippen LogP contribution in [0.4, 0.5) is 11.4 Å². The van der Waals surface area contributed by atoms with Gasteiger partial charge in [-0.1, -0.05) is 48.0 Å². The minimum absolute atomic E-state index is 0.0228. The number of nitrogens with zero attached hydrogens (tertiary/aromatic N) is 2. The Morgan fingerprint density at radius 1 is 0.636 bits per heavy atom. The van der Waals surface area contributed by atoms with Crippen LogP contribution in [-0.2, 0) is 25.8 Å². The summed E-state index contributed by atoms with van der Waals surface area (Å²) in [6.45, 7) is 0.211. The SMILES string of the molecule is O=C(O)c1ccc(N2C(=O)[C@H]3[C@H](CC=C4[C@H]3C[C@H]3C(=O)N(c5ccc(C(=O)O)c(O)c5)C(=O)[C@H]3[C@H]4c3ccc(OCc4ccccc4)cc3O)C2=O)cc1O. The normalized spacial score (nSPS) is 24.3. The Balaban J connectivity index is 1.19. The summed E-state index contributed by atoms with van der Waals surface area (Å²) in [5.74, 6) is -12.2. The maximum atomic E-state index is 14.4. The van der Waals surface area contributed by atoms with Crippen molar-refractivity contribution >= 4 is 46.9 Å². The number of imide groups is 2. The fourth-order valence-corrected chi connectivity index (χ4v) is 8.74. The number of hydrogen-bond donors (Lipinski definition) is 5. The largest absolute Gasteiger partial charge is 0.508 e. The first-order valence-electron chi connectivity index (χ1n) is 17.4. The minimum atomic E-state index is -1.41. The molecule has 0 bridgehead atoms. The van der Waals surface area contributed by atoms with Gasteiger partial charge in [0.25, 0.3) is 0 Å². The number of carbonyl (C=O) groups excluding carboxylic acids is 4. The highest BCUT2D eigenvalue weighted by Crippen LogP contribution is 2.59. The summed E-state index contributed by atoms with van der Waals surface area (Å²) in [6.07, 6.45) is 1.84. The van der Waals surface area contributed by atoms with Crippen LogP contribution in [0.1, 0.15) is 50.6 Å². The van der Waals surface area contributed by atoms with Crippen LogP contribution < -0.4 is 14.5 Å². The van der Waals surface area contributed by atoms with Gasteiger partial charge >= 0.3 is 11.9 Å². The number of amides is 4. The molecule has 8 rings (SSSR count). The van der Waals surface area contributed by atoms with Crippen molar-refractivity contribution in [3.05, 3.63) is 119 Å². The van der Waals surface area contributed by atoms with Gasteiger partial charge in [-0.15, -0.1) is 0 Å². The van der Waals surface area contributed by atoms with Crippen LogP contribution >= 0.6 is 0 Å². The third kappa shape index (κ3) is 5.64. The van der Waals surface area contributed by atoms with Crippen molar-refractivity contribution < 1.29 is 59.0 Å². The molecule has 278 valence electrons. The number of phenolic OH excluding ortho intramolecular Hbond substituents is 1. The van der Waals surface area contributed by atoms with E-state index in [1.807, 2.05) is 30.3 Å². The molecule has 4 aliphatic rings. The second-order valence-electron chi connectivity index (χ2n) is 14.1. The van der Waals surface area contributed by atoms with Crippen LogP contribution in [0.5, 0.6) is 23.0 Å². The van der Waals surface area contributed by atoms with Gasteiger partial charge in [0.05, 0.1) is 35.0 Å². The van der Waals surface area contributed by atoms with Crippen molar-refractivity contribution in [3.8, 4) is 23.0 Å². The lowest BCUT2D eigenvalue weighted by atomic mass is 9.57. The van der Waals surface area contributed by atoms with Gasteiger partial charge in [-0.3, -0.25) is 19.2 Å². The Hall–Kier alpha value is -6.96. The molecular weight excluding hydrogens is 712 g/mol. The Morgan fingerprint density at radius 3 is 1.78 bits per heavy atom. The van der Waals surface area contributed by atoms with Crippen LogP contribution in [0.3, 0.4) is 0 Å².